The molecule has 1 aromatic rings. The highest BCUT2D eigenvalue weighted by molar-refractivity contribution is 7.12. The van der Waals surface area contributed by atoms with Crippen LogP contribution in [0, 0.1) is 13.8 Å². The van der Waals surface area contributed by atoms with Gasteiger partial charge < -0.3 is 4.74 Å². The minimum absolute atomic E-state index is 0.119. The van der Waals surface area contributed by atoms with Crippen molar-refractivity contribution in [3.63, 3.8) is 0 Å². The molecule has 0 fully saturated rings. The van der Waals surface area contributed by atoms with E-state index in [0.717, 1.165) is 13.0 Å². The maximum absolute atomic E-state index is 5.52. The van der Waals surface area contributed by atoms with Crippen molar-refractivity contribution in [2.24, 2.45) is 5.84 Å². The Kier molecular flexibility index (Phi) is 5.25. The lowest BCUT2D eigenvalue weighted by atomic mass is 10.2. The highest BCUT2D eigenvalue weighted by atomic mass is 32.1. The Morgan fingerprint density at radius 3 is 2.73 bits per heavy atom. The summed E-state index contributed by atoms with van der Waals surface area (Å²) >= 11 is 1.78. The van der Waals surface area contributed by atoms with E-state index in [0.29, 0.717) is 6.61 Å². The molecule has 1 rings (SSSR count). The number of nitrogens with one attached hydrogen (secondary N) is 1. The Morgan fingerprint density at radius 1 is 1.53 bits per heavy atom. The molecule has 15 heavy (non-hydrogen) atoms. The van der Waals surface area contributed by atoms with E-state index >= 15 is 0 Å². The van der Waals surface area contributed by atoms with Crippen LogP contribution in [-0.4, -0.2) is 13.2 Å². The number of hydrogen-bond donors (Lipinski definition) is 2. The third-order valence-electron chi connectivity index (χ3n) is 2.36. The van der Waals surface area contributed by atoms with Crippen molar-refractivity contribution in [2.75, 3.05) is 13.2 Å². The third-order valence-corrected chi connectivity index (χ3v) is 3.63. The topological polar surface area (TPSA) is 47.3 Å². The monoisotopic (exact) mass is 228 g/mol. The van der Waals surface area contributed by atoms with Gasteiger partial charge in [0.15, 0.2) is 0 Å². The van der Waals surface area contributed by atoms with Gasteiger partial charge in [0.1, 0.15) is 0 Å². The number of ether oxygens (including phenoxy) is 1. The van der Waals surface area contributed by atoms with Gasteiger partial charge in [-0.05, 0) is 31.9 Å². The summed E-state index contributed by atoms with van der Waals surface area (Å²) in [5.74, 6) is 5.52. The van der Waals surface area contributed by atoms with Gasteiger partial charge in [-0.1, -0.05) is 6.92 Å². The van der Waals surface area contributed by atoms with Gasteiger partial charge in [-0.3, -0.25) is 5.84 Å². The van der Waals surface area contributed by atoms with Crippen molar-refractivity contribution in [1.29, 1.82) is 0 Å². The average molecular weight is 228 g/mol. The molecule has 0 saturated heterocycles. The van der Waals surface area contributed by atoms with Gasteiger partial charge in [-0.2, -0.15) is 0 Å². The van der Waals surface area contributed by atoms with Crippen LogP contribution in [0.25, 0.3) is 0 Å². The highest BCUT2D eigenvalue weighted by Crippen LogP contribution is 2.26. The standard InChI is InChI=1S/C11H20N2OS/c1-4-5-14-7-10(13-12)11-6-8(2)9(3)15-11/h6,10,13H,4-5,7,12H2,1-3H3. The first-order valence-corrected chi connectivity index (χ1v) is 6.11. The van der Waals surface area contributed by atoms with Crippen molar-refractivity contribution >= 4 is 11.3 Å². The Labute approximate surface area is 95.6 Å². The summed E-state index contributed by atoms with van der Waals surface area (Å²) in [5, 5.41) is 0. The van der Waals surface area contributed by atoms with E-state index in [1.165, 1.54) is 15.3 Å². The molecule has 3 nitrogen and oxygen atoms in total. The van der Waals surface area contributed by atoms with E-state index in [1.807, 2.05) is 0 Å². The number of hydrogen-bond acceptors (Lipinski definition) is 4. The lowest BCUT2D eigenvalue weighted by Gasteiger charge is -2.13. The number of aryl methyl sites for hydroxylation is 2. The van der Waals surface area contributed by atoms with Crippen LogP contribution in [0.2, 0.25) is 0 Å². The average Bonchev–Trinajstić information content (AvgIpc) is 2.54. The van der Waals surface area contributed by atoms with Crippen LogP contribution in [0.5, 0.6) is 0 Å². The minimum atomic E-state index is 0.119. The van der Waals surface area contributed by atoms with Crippen LogP contribution in [0.3, 0.4) is 0 Å². The van der Waals surface area contributed by atoms with E-state index in [4.69, 9.17) is 10.6 Å². The second kappa shape index (κ2) is 6.23. The summed E-state index contributed by atoms with van der Waals surface area (Å²) in [6.07, 6.45) is 1.04. The van der Waals surface area contributed by atoms with Gasteiger partial charge in [0.25, 0.3) is 0 Å². The molecule has 86 valence electrons. The molecule has 4 heteroatoms. The van der Waals surface area contributed by atoms with Crippen LogP contribution in [0.15, 0.2) is 6.07 Å². The Hall–Kier alpha value is -0.420. The van der Waals surface area contributed by atoms with E-state index < -0.39 is 0 Å². The summed E-state index contributed by atoms with van der Waals surface area (Å²) in [6, 6.07) is 2.30. The fourth-order valence-electron chi connectivity index (χ4n) is 1.33. The molecule has 0 saturated carbocycles. The molecule has 0 radical (unpaired) electrons. The maximum atomic E-state index is 5.52. The van der Waals surface area contributed by atoms with Gasteiger partial charge >= 0.3 is 0 Å². The van der Waals surface area contributed by atoms with Crippen molar-refractivity contribution in [1.82, 2.24) is 5.43 Å². The van der Waals surface area contributed by atoms with Crippen molar-refractivity contribution in [3.05, 3.63) is 21.4 Å². The molecule has 0 amide bonds. The third kappa shape index (κ3) is 3.57. The summed E-state index contributed by atoms with van der Waals surface area (Å²) in [5.41, 5.74) is 4.13. The maximum Gasteiger partial charge on any atom is 0.0786 e. The largest absolute Gasteiger partial charge is 0.379 e. The van der Waals surface area contributed by atoms with Crippen LogP contribution in [0.1, 0.15) is 34.7 Å². The first kappa shape index (κ1) is 12.6. The normalized spacial score (nSPS) is 13.1. The second-order valence-electron chi connectivity index (χ2n) is 3.68. The summed E-state index contributed by atoms with van der Waals surface area (Å²) < 4.78 is 5.50. The van der Waals surface area contributed by atoms with Gasteiger partial charge in [-0.15, -0.1) is 11.3 Å². The van der Waals surface area contributed by atoms with E-state index in [2.05, 4.69) is 32.3 Å². The first-order valence-electron chi connectivity index (χ1n) is 5.29. The smallest absolute Gasteiger partial charge is 0.0786 e. The predicted molar refractivity (Wildman–Crippen MR) is 65.0 cm³/mol. The first-order chi connectivity index (χ1) is 7.19. The van der Waals surface area contributed by atoms with Crippen LogP contribution in [0.4, 0.5) is 0 Å². The number of rotatable bonds is 6. The van der Waals surface area contributed by atoms with Crippen LogP contribution >= 0.6 is 11.3 Å². The van der Waals surface area contributed by atoms with E-state index in [9.17, 15) is 0 Å². The van der Waals surface area contributed by atoms with Gasteiger partial charge in [0.05, 0.1) is 12.6 Å². The summed E-state index contributed by atoms with van der Waals surface area (Å²) in [7, 11) is 0. The number of hydrazine groups is 1. The number of thiophene rings is 1. The van der Waals surface area contributed by atoms with Gasteiger partial charge in [0.2, 0.25) is 0 Å². The quantitative estimate of drug-likeness (QED) is 0.446. The summed E-state index contributed by atoms with van der Waals surface area (Å²) in [4.78, 5) is 2.60. The Balaban J connectivity index is 2.57. The second-order valence-corrected chi connectivity index (χ2v) is 4.97. The molecule has 0 aliphatic rings. The van der Waals surface area contributed by atoms with Crippen molar-refractivity contribution < 1.29 is 4.74 Å². The minimum Gasteiger partial charge on any atom is -0.379 e. The van der Waals surface area contributed by atoms with Gasteiger partial charge in [-0.25, -0.2) is 5.43 Å². The highest BCUT2D eigenvalue weighted by Gasteiger charge is 2.13. The zero-order valence-electron chi connectivity index (χ0n) is 9.67. The molecule has 1 atom stereocenters. The predicted octanol–water partition coefficient (Wildman–Crippen LogP) is 2.30. The molecule has 0 aliphatic heterocycles. The lowest BCUT2D eigenvalue weighted by Crippen LogP contribution is -2.30. The molecule has 3 N–H and O–H groups in total. The van der Waals surface area contributed by atoms with Crippen molar-refractivity contribution in [2.45, 2.75) is 33.2 Å². The molecule has 1 unspecified atom stereocenters. The fraction of sp³-hybridized carbons (Fsp3) is 0.636. The van der Waals surface area contributed by atoms with E-state index in [-0.39, 0.29) is 6.04 Å². The molecule has 0 bridgehead atoms. The number of nitrogens with two attached hydrogens (primary N) is 1. The SMILES string of the molecule is CCCOCC(NN)c1cc(C)c(C)s1. The summed E-state index contributed by atoms with van der Waals surface area (Å²) in [6.45, 7) is 7.79. The molecule has 1 aromatic heterocycles. The van der Waals surface area contributed by atoms with E-state index in [1.54, 1.807) is 11.3 Å². The zero-order chi connectivity index (χ0) is 11.3. The molecule has 0 spiro atoms. The fourth-order valence-corrected chi connectivity index (χ4v) is 2.42. The Bertz CT molecular complexity index is 279. The molecule has 0 aromatic carbocycles. The molecule has 1 heterocycles. The van der Waals surface area contributed by atoms with Crippen molar-refractivity contribution in [3.8, 4) is 0 Å². The van der Waals surface area contributed by atoms with Crippen LogP contribution in [-0.2, 0) is 4.74 Å². The Morgan fingerprint density at radius 2 is 2.27 bits per heavy atom. The zero-order valence-corrected chi connectivity index (χ0v) is 10.5. The van der Waals surface area contributed by atoms with Crippen LogP contribution < -0.4 is 11.3 Å². The van der Waals surface area contributed by atoms with Gasteiger partial charge in [0, 0.05) is 16.4 Å². The molecule has 0 aliphatic carbocycles. The lowest BCUT2D eigenvalue weighted by molar-refractivity contribution is 0.113. The molecular formula is C11H20N2OS. The molecular weight excluding hydrogens is 208 g/mol.